The SMILES string of the molecule is [2H]c1c([2H])c([2H])c(-c2c([2H])c([2H])c(N(c3ccc(-c4c([2H])c([2H])c5c([2H])c([2H])c([2H])c([2H])c5c4-c4c([2H])c([2H])c(-c5c([2H])c([2H])c(-c6ccccc6)c([2H])c5[2H])c([2H])c4[2H])cc3)c3c([2H])c([2H])c4c(c3[2H])C(C([2H])([2H])[2H])(C([2H])([2H])[2H])c3c([2H])c([2H])c([2H])c([2H])c3-4)c([2H])c2[2H])c([2H])c1[2H]. The Labute approximate surface area is 415 Å². The minimum absolute atomic E-state index is 0.162. The van der Waals surface area contributed by atoms with Gasteiger partial charge in [-0.1, -0.05) is 213 Å². The molecule has 0 saturated carbocycles. The molecule has 1 heteroatoms. The highest BCUT2D eigenvalue weighted by Gasteiger charge is 2.35. The zero-order valence-corrected chi connectivity index (χ0v) is 31.6. The molecule has 10 aromatic rings. The monoisotopic (exact) mass is 828 g/mol. The number of rotatable bonds is 8. The van der Waals surface area contributed by atoms with E-state index in [1.54, 1.807) is 18.2 Å². The van der Waals surface area contributed by atoms with Crippen LogP contribution in [0.5, 0.6) is 0 Å². The quantitative estimate of drug-likeness (QED) is 0.147. The molecule has 0 radical (unpaired) electrons. The highest BCUT2D eigenvalue weighted by molar-refractivity contribution is 6.04. The molecule has 0 spiro atoms. The maximum absolute atomic E-state index is 10.1. The van der Waals surface area contributed by atoms with Crippen molar-refractivity contribution >= 4 is 27.8 Å². The van der Waals surface area contributed by atoms with Crippen molar-refractivity contribution in [3.63, 3.8) is 0 Å². The molecule has 0 N–H and O–H groups in total. The average molecular weight is 828 g/mol. The Morgan fingerprint density at radius 3 is 1.63 bits per heavy atom. The van der Waals surface area contributed by atoms with Crippen LogP contribution in [0.4, 0.5) is 17.1 Å². The van der Waals surface area contributed by atoms with Gasteiger partial charge in [-0.3, -0.25) is 0 Å². The number of nitrogens with zero attached hydrogens (tertiary/aromatic N) is 1. The van der Waals surface area contributed by atoms with E-state index in [-0.39, 0.29) is 16.7 Å². The lowest BCUT2D eigenvalue weighted by atomic mass is 9.82. The van der Waals surface area contributed by atoms with Gasteiger partial charge in [0.1, 0.15) is 0 Å². The largest absolute Gasteiger partial charge is 0.310 e. The Kier molecular flexibility index (Phi) is 3.80. The lowest BCUT2D eigenvalue weighted by molar-refractivity contribution is 0.660. The molecular formula is C61H45N. The molecule has 0 amide bonds. The molecule has 11 rings (SSSR count). The summed E-state index contributed by atoms with van der Waals surface area (Å²) in [5, 5.41) is -1.32. The van der Waals surface area contributed by atoms with E-state index in [0.717, 1.165) is 24.3 Å². The van der Waals surface area contributed by atoms with Crippen molar-refractivity contribution in [2.75, 3.05) is 4.90 Å². The fourth-order valence-corrected chi connectivity index (χ4v) is 7.07. The maximum Gasteiger partial charge on any atom is 0.0648 e. The van der Waals surface area contributed by atoms with Crippen LogP contribution in [0.25, 0.3) is 77.5 Å². The van der Waals surface area contributed by atoms with Crippen LogP contribution in [-0.4, -0.2) is 0 Å². The third-order valence-corrected chi connectivity index (χ3v) is 10.0. The minimum Gasteiger partial charge on any atom is -0.310 e. The van der Waals surface area contributed by atoms with Crippen LogP contribution in [0.1, 0.15) is 74.2 Å². The number of hydrogen-bond donors (Lipinski definition) is 0. The second kappa shape index (κ2) is 15.4. The van der Waals surface area contributed by atoms with Crippen LogP contribution in [-0.2, 0) is 5.41 Å². The van der Waals surface area contributed by atoms with Crippen LogP contribution < -0.4 is 4.90 Å². The van der Waals surface area contributed by atoms with E-state index in [0.29, 0.717) is 4.90 Å². The van der Waals surface area contributed by atoms with E-state index < -0.39 is 289 Å². The molecule has 0 aliphatic heterocycles. The Hall–Kier alpha value is -7.74. The van der Waals surface area contributed by atoms with Gasteiger partial charge in [-0.05, 0) is 125 Å². The van der Waals surface area contributed by atoms with E-state index in [1.165, 1.54) is 12.1 Å². The van der Waals surface area contributed by atoms with Crippen molar-refractivity contribution in [1.82, 2.24) is 0 Å². The van der Waals surface area contributed by atoms with Crippen molar-refractivity contribution in [2.45, 2.75) is 19.1 Å². The lowest BCUT2D eigenvalue weighted by Gasteiger charge is -2.28. The summed E-state index contributed by atoms with van der Waals surface area (Å²) in [6.07, 6.45) is 0. The third-order valence-electron chi connectivity index (χ3n) is 10.0. The summed E-state index contributed by atoms with van der Waals surface area (Å²) in [6, 6.07) is -18.3. The maximum atomic E-state index is 10.1. The Morgan fingerprint density at radius 1 is 0.371 bits per heavy atom. The standard InChI is InChI=1S/C61H45N/c1-61(2)58-20-12-11-19-56(58)57-40-38-53(41-59(57)61)62(51-34-29-47(30-35-51)43-15-7-4-8-16-43)52-36-31-49(32-37-52)55-39-33-48-17-9-10-18-54(48)60(55)50-27-25-46(26-28-50)45-23-21-44(22-24-45)42-13-5-3-6-14-42/h3-41H,1-2H3/i1D3,2D3,4D,7D,8D,9D,10D,11D,12D,15D,16D,17D,18D,19D,20D,21D,22D,23D,24D,25D,26D,27D,28D,29D,30D,33D,34D,35D,38D,39D,40D,41D. The van der Waals surface area contributed by atoms with Crippen LogP contribution in [0.3, 0.4) is 0 Å². The summed E-state index contributed by atoms with van der Waals surface area (Å²) in [6.45, 7) is -7.93. The van der Waals surface area contributed by atoms with Gasteiger partial charge in [0.2, 0.25) is 0 Å². The van der Waals surface area contributed by atoms with E-state index >= 15 is 0 Å². The normalized spacial score (nSPS) is 21.1. The number of fused-ring (bicyclic) bond motifs is 4. The molecule has 0 aromatic heterocycles. The molecule has 1 aliphatic rings. The topological polar surface area (TPSA) is 3.24 Å². The summed E-state index contributed by atoms with van der Waals surface area (Å²) in [5.74, 6) is 0. The van der Waals surface area contributed by atoms with E-state index in [1.807, 2.05) is 0 Å². The first-order chi connectivity index (χ1) is 45.5. The zero-order valence-electron chi connectivity index (χ0n) is 67.6. The molecule has 0 fully saturated rings. The van der Waals surface area contributed by atoms with Crippen LogP contribution in [0.2, 0.25) is 0 Å². The molecule has 0 saturated heterocycles. The van der Waals surface area contributed by atoms with Crippen molar-refractivity contribution in [1.29, 1.82) is 0 Å². The highest BCUT2D eigenvalue weighted by Crippen LogP contribution is 2.51. The molecule has 0 heterocycles. The van der Waals surface area contributed by atoms with Crippen molar-refractivity contribution in [3.05, 3.63) is 247 Å². The van der Waals surface area contributed by atoms with Gasteiger partial charge in [0.15, 0.2) is 0 Å². The molecule has 62 heavy (non-hydrogen) atoms. The first kappa shape index (κ1) is 15.3. The van der Waals surface area contributed by atoms with E-state index in [4.69, 9.17) is 30.2 Å². The summed E-state index contributed by atoms with van der Waals surface area (Å²) < 4.78 is 328. The van der Waals surface area contributed by atoms with Gasteiger partial charge in [-0.25, -0.2) is 0 Å². The van der Waals surface area contributed by atoms with Crippen LogP contribution in [0, 0.1) is 0 Å². The smallest absolute Gasteiger partial charge is 0.0648 e. The highest BCUT2D eigenvalue weighted by atomic mass is 15.1. The van der Waals surface area contributed by atoms with Gasteiger partial charge < -0.3 is 4.90 Å². The van der Waals surface area contributed by atoms with Gasteiger partial charge >= 0.3 is 0 Å². The zero-order chi connectivity index (χ0) is 72.7. The predicted octanol–water partition coefficient (Wildman–Crippen LogP) is 17.0. The second-order valence-electron chi connectivity index (χ2n) is 13.7. The van der Waals surface area contributed by atoms with Gasteiger partial charge in [0, 0.05) is 30.7 Å². The summed E-state index contributed by atoms with van der Waals surface area (Å²) in [5.41, 5.74) is -16.0. The molecular weight excluding hydrogens is 747 g/mol. The summed E-state index contributed by atoms with van der Waals surface area (Å²) in [4.78, 5) is 0.565. The van der Waals surface area contributed by atoms with Crippen molar-refractivity contribution in [2.24, 2.45) is 0 Å². The number of benzene rings is 10. The Morgan fingerprint density at radius 2 is 0.919 bits per heavy atom. The molecule has 1 nitrogen and oxygen atoms in total. The van der Waals surface area contributed by atoms with Crippen molar-refractivity contribution in [3.8, 4) is 66.8 Å². The molecule has 294 valence electrons. The van der Waals surface area contributed by atoms with Crippen molar-refractivity contribution < 1.29 is 49.3 Å². The fourth-order valence-electron chi connectivity index (χ4n) is 7.07. The molecule has 0 bridgehead atoms. The van der Waals surface area contributed by atoms with E-state index in [2.05, 4.69) is 0 Å². The number of anilines is 3. The lowest BCUT2D eigenvalue weighted by Crippen LogP contribution is -2.16. The average Bonchev–Trinajstić information content (AvgIpc) is 1.48. The fraction of sp³-hybridized carbons (Fsp3) is 0.0492. The van der Waals surface area contributed by atoms with Gasteiger partial charge in [0.25, 0.3) is 0 Å². The first-order valence-corrected chi connectivity index (χ1v) is 18.7. The first-order valence-electron chi connectivity index (χ1n) is 36.7. The number of hydrogen-bond acceptors (Lipinski definition) is 1. The van der Waals surface area contributed by atoms with Crippen LogP contribution in [0.15, 0.2) is 236 Å². The molecule has 0 atom stereocenters. The Balaban J connectivity index is 1.26. The minimum atomic E-state index is -3.97. The van der Waals surface area contributed by atoms with Gasteiger partial charge in [-0.15, -0.1) is 0 Å². The second-order valence-corrected chi connectivity index (χ2v) is 13.7. The Bertz CT molecular complexity index is 5100. The van der Waals surface area contributed by atoms with Gasteiger partial charge in [-0.2, -0.15) is 0 Å². The van der Waals surface area contributed by atoms with Gasteiger partial charge in [0.05, 0.1) is 41.1 Å². The molecule has 1 aliphatic carbocycles. The molecule has 10 aromatic carbocycles. The third kappa shape index (κ3) is 6.60. The summed E-state index contributed by atoms with van der Waals surface area (Å²) in [7, 11) is 0. The predicted molar refractivity (Wildman–Crippen MR) is 263 cm³/mol. The summed E-state index contributed by atoms with van der Waals surface area (Å²) >= 11 is 0. The molecule has 0 unspecified atom stereocenters. The van der Waals surface area contributed by atoms with E-state index in [9.17, 15) is 19.2 Å². The van der Waals surface area contributed by atoms with Crippen LogP contribution >= 0.6 is 0 Å².